The molecule has 7 nitrogen and oxygen atoms in total. The highest BCUT2D eigenvalue weighted by atomic mass is 16.5. The molecule has 1 aromatic carbocycles. The first-order valence-corrected chi connectivity index (χ1v) is 10.7. The Morgan fingerprint density at radius 2 is 1.81 bits per heavy atom. The topological polar surface area (TPSA) is 95.5 Å². The van der Waals surface area contributed by atoms with Crippen molar-refractivity contribution in [3.8, 4) is 11.4 Å². The fourth-order valence-electron chi connectivity index (χ4n) is 4.28. The molecular weight excluding hydrogens is 404 g/mol. The van der Waals surface area contributed by atoms with Crippen molar-refractivity contribution in [2.24, 2.45) is 5.41 Å². The average Bonchev–Trinajstić information content (AvgIpc) is 3.27. The monoisotopic (exact) mass is 439 g/mol. The lowest BCUT2D eigenvalue weighted by Gasteiger charge is -2.55. The third-order valence-electron chi connectivity index (χ3n) is 6.13. The lowest BCUT2D eigenvalue weighted by Crippen LogP contribution is -2.63. The van der Waals surface area contributed by atoms with Crippen LogP contribution in [-0.4, -0.2) is 50.4 Å². The summed E-state index contributed by atoms with van der Waals surface area (Å²) in [5.41, 5.74) is -2.32. The summed E-state index contributed by atoms with van der Waals surface area (Å²) < 4.78 is 30.5. The molecule has 1 aliphatic rings. The van der Waals surface area contributed by atoms with Gasteiger partial charge in [0.25, 0.3) is 5.89 Å². The fourth-order valence-corrected chi connectivity index (χ4v) is 4.28. The van der Waals surface area contributed by atoms with Crippen molar-refractivity contribution in [1.82, 2.24) is 20.0 Å². The normalized spacial score (nSPS) is 20.2. The van der Waals surface area contributed by atoms with Gasteiger partial charge in [0.2, 0.25) is 5.82 Å². The first kappa shape index (κ1) is 18.9. The van der Waals surface area contributed by atoms with Gasteiger partial charge in [-0.3, -0.25) is 4.98 Å². The van der Waals surface area contributed by atoms with Crippen molar-refractivity contribution < 1.29 is 18.8 Å². The number of benzene rings is 1. The summed E-state index contributed by atoms with van der Waals surface area (Å²) in [6.07, 6.45) is 3.00. The third-order valence-corrected chi connectivity index (χ3v) is 6.13. The zero-order chi connectivity index (χ0) is 25.8. The molecule has 0 unspecified atom stereocenters. The maximum Gasteiger partial charge on any atom is 0.258 e. The van der Waals surface area contributed by atoms with E-state index in [1.54, 1.807) is 18.2 Å². The van der Waals surface area contributed by atoms with Gasteiger partial charge in [0.05, 0.1) is 0 Å². The number of pyridine rings is 1. The Labute approximate surface area is 193 Å². The Kier molecular flexibility index (Phi) is 4.59. The highest BCUT2D eigenvalue weighted by Crippen LogP contribution is 2.50. The quantitative estimate of drug-likeness (QED) is 0.605. The van der Waals surface area contributed by atoms with Crippen LogP contribution in [0.2, 0.25) is 0 Å². The minimum Gasteiger partial charge on any atom is -0.381 e. The van der Waals surface area contributed by atoms with Crippen LogP contribution in [0.25, 0.3) is 11.4 Å². The fraction of sp³-hybridized carbons (Fsp3) is 0.480. The summed E-state index contributed by atoms with van der Waals surface area (Å²) in [5, 5.41) is 26.6. The van der Waals surface area contributed by atoms with Crippen LogP contribution in [0.1, 0.15) is 67.2 Å². The number of aliphatic hydroxyl groups is 2. The van der Waals surface area contributed by atoms with Crippen LogP contribution in [0.4, 0.5) is 0 Å². The van der Waals surface area contributed by atoms with Gasteiger partial charge in [0.1, 0.15) is 11.2 Å². The predicted molar refractivity (Wildman–Crippen MR) is 122 cm³/mol. The second kappa shape index (κ2) is 7.76. The molecule has 4 rings (SSSR count). The summed E-state index contributed by atoms with van der Waals surface area (Å²) >= 11 is 0. The van der Waals surface area contributed by atoms with E-state index in [0.717, 1.165) is 5.56 Å². The van der Waals surface area contributed by atoms with Crippen molar-refractivity contribution in [2.45, 2.75) is 51.7 Å². The average molecular weight is 440 g/mol. The van der Waals surface area contributed by atoms with E-state index in [9.17, 15) is 10.2 Å². The van der Waals surface area contributed by atoms with Gasteiger partial charge in [0, 0.05) is 46.1 Å². The molecule has 3 heterocycles. The number of rotatable bonds is 6. The molecule has 0 amide bonds. The summed E-state index contributed by atoms with van der Waals surface area (Å²) in [4.78, 5) is 10.4. The number of hydrogen-bond acceptors (Lipinski definition) is 7. The van der Waals surface area contributed by atoms with Crippen molar-refractivity contribution in [3.05, 3.63) is 65.3 Å². The largest absolute Gasteiger partial charge is 0.381 e. The molecule has 2 N–H and O–H groups in total. The second-order valence-corrected chi connectivity index (χ2v) is 9.69. The van der Waals surface area contributed by atoms with Crippen LogP contribution < -0.4 is 0 Å². The molecule has 170 valence electrons. The summed E-state index contributed by atoms with van der Waals surface area (Å²) in [7, 11) is 1.83. The molecule has 2 aromatic heterocycles. The van der Waals surface area contributed by atoms with E-state index in [2.05, 4.69) is 29.0 Å². The molecule has 32 heavy (non-hydrogen) atoms. The minimum atomic E-state index is -2.46. The molecule has 0 spiro atoms. The van der Waals surface area contributed by atoms with Gasteiger partial charge in [-0.05, 0) is 44.0 Å². The SMILES string of the molecule is [2H]C([2H])([2H])C1([C@](O)(c2ccc(C(C)C)cc2)c2cncc(-c3noc(C(C)(C)O)n3)c2)CN(C)C1. The molecular formula is C25H32N4O3. The maximum absolute atomic E-state index is 12.5. The molecule has 1 saturated heterocycles. The van der Waals surface area contributed by atoms with Crippen LogP contribution in [0.15, 0.2) is 47.2 Å². The predicted octanol–water partition coefficient (Wildman–Crippen LogP) is 3.67. The smallest absolute Gasteiger partial charge is 0.258 e. The van der Waals surface area contributed by atoms with E-state index in [4.69, 9.17) is 8.64 Å². The van der Waals surface area contributed by atoms with Gasteiger partial charge in [-0.25, -0.2) is 0 Å². The van der Waals surface area contributed by atoms with Crippen molar-refractivity contribution >= 4 is 0 Å². The maximum atomic E-state index is 12.5. The standard InChI is InChI=1S/C25H32N4O3/c1-16(2)17-7-9-19(10-8-17)25(31,24(5)14-29(6)15-24)20-11-18(12-26-13-20)21-27-22(32-28-21)23(3,4)30/h7-13,16,30-31H,14-15H2,1-6H3/t25-/m0/s1/i5D3. The molecule has 3 aromatic rings. The van der Waals surface area contributed by atoms with Crippen LogP contribution in [-0.2, 0) is 11.2 Å². The Balaban J connectivity index is 1.90. The van der Waals surface area contributed by atoms with Gasteiger partial charge in [0.15, 0.2) is 0 Å². The number of nitrogens with zero attached hydrogens (tertiary/aromatic N) is 4. The zero-order valence-electron chi connectivity index (χ0n) is 22.1. The Morgan fingerprint density at radius 3 is 2.34 bits per heavy atom. The first-order chi connectivity index (χ1) is 16.2. The van der Waals surface area contributed by atoms with E-state index in [0.29, 0.717) is 16.7 Å². The van der Waals surface area contributed by atoms with Crippen LogP contribution in [0, 0.1) is 5.41 Å². The molecule has 1 atom stereocenters. The molecule has 0 bridgehead atoms. The van der Waals surface area contributed by atoms with Crippen molar-refractivity contribution in [3.63, 3.8) is 0 Å². The lowest BCUT2D eigenvalue weighted by molar-refractivity contribution is -0.127. The highest BCUT2D eigenvalue weighted by Gasteiger charge is 2.55. The number of aromatic nitrogens is 3. The van der Waals surface area contributed by atoms with E-state index in [1.165, 1.54) is 26.2 Å². The Hall–Kier alpha value is -2.61. The van der Waals surface area contributed by atoms with Gasteiger partial charge in [-0.2, -0.15) is 4.98 Å². The van der Waals surface area contributed by atoms with Crippen LogP contribution in [0.3, 0.4) is 0 Å². The molecule has 0 saturated carbocycles. The van der Waals surface area contributed by atoms with Gasteiger partial charge < -0.3 is 19.6 Å². The summed E-state index contributed by atoms with van der Waals surface area (Å²) in [6, 6.07) is 9.09. The molecule has 0 aliphatic carbocycles. The molecule has 7 heteroatoms. The van der Waals surface area contributed by atoms with Crippen LogP contribution >= 0.6 is 0 Å². The van der Waals surface area contributed by atoms with Gasteiger partial charge in [-0.15, -0.1) is 0 Å². The zero-order valence-corrected chi connectivity index (χ0v) is 19.1. The van der Waals surface area contributed by atoms with Gasteiger partial charge >= 0.3 is 0 Å². The molecule has 1 aliphatic heterocycles. The molecule has 1 fully saturated rings. The Morgan fingerprint density at radius 1 is 1.12 bits per heavy atom. The van der Waals surface area contributed by atoms with E-state index >= 15 is 0 Å². The van der Waals surface area contributed by atoms with Crippen molar-refractivity contribution in [2.75, 3.05) is 20.1 Å². The highest BCUT2D eigenvalue weighted by molar-refractivity contribution is 5.56. The summed E-state index contributed by atoms with van der Waals surface area (Å²) in [6.45, 7) is 5.12. The third kappa shape index (κ3) is 3.74. The van der Waals surface area contributed by atoms with E-state index in [1.807, 2.05) is 24.1 Å². The second-order valence-electron chi connectivity index (χ2n) is 9.69. The Bertz CT molecular complexity index is 1200. The molecule has 0 radical (unpaired) electrons. The van der Waals surface area contributed by atoms with Gasteiger partial charge in [-0.1, -0.05) is 50.1 Å². The summed E-state index contributed by atoms with van der Waals surface area (Å²) in [5.74, 6) is 0.511. The lowest BCUT2D eigenvalue weighted by atomic mass is 9.62. The number of likely N-dealkylation sites (tertiary alicyclic amines) is 1. The van der Waals surface area contributed by atoms with Crippen molar-refractivity contribution in [1.29, 1.82) is 0 Å². The van der Waals surface area contributed by atoms with E-state index < -0.39 is 23.5 Å². The van der Waals surface area contributed by atoms with Crippen LogP contribution in [0.5, 0.6) is 0 Å². The van der Waals surface area contributed by atoms with E-state index in [-0.39, 0.29) is 30.7 Å². The first-order valence-electron chi connectivity index (χ1n) is 12.2. The minimum absolute atomic E-state index is 0.0389. The number of hydrogen-bond donors (Lipinski definition) is 2.